The van der Waals surface area contributed by atoms with Crippen LogP contribution in [0.3, 0.4) is 0 Å². The Balaban J connectivity index is 2.08. The van der Waals surface area contributed by atoms with Gasteiger partial charge in [0.25, 0.3) is 0 Å². The summed E-state index contributed by atoms with van der Waals surface area (Å²) >= 11 is 0. The maximum atomic E-state index is 2.32. The van der Waals surface area contributed by atoms with Gasteiger partial charge in [-0.25, -0.2) is 0 Å². The van der Waals surface area contributed by atoms with Gasteiger partial charge in [0.1, 0.15) is 0 Å². The Morgan fingerprint density at radius 3 is 1.48 bits per heavy atom. The SMILES string of the molecule is C1=CC=CC=CC(C2CCCCCCCCCC2)=CC=CC=C1. The Morgan fingerprint density at radius 1 is 0.478 bits per heavy atom. The van der Waals surface area contributed by atoms with Gasteiger partial charge in [0.2, 0.25) is 0 Å². The molecule has 0 bridgehead atoms. The van der Waals surface area contributed by atoms with Crippen LogP contribution in [0, 0.1) is 5.92 Å². The average Bonchev–Trinajstić information content (AvgIpc) is 2.61. The Labute approximate surface area is 143 Å². The Morgan fingerprint density at radius 2 is 0.913 bits per heavy atom. The van der Waals surface area contributed by atoms with Gasteiger partial charge in [-0.3, -0.25) is 0 Å². The van der Waals surface area contributed by atoms with Crippen molar-refractivity contribution in [1.82, 2.24) is 0 Å². The van der Waals surface area contributed by atoms with Crippen molar-refractivity contribution in [3.05, 3.63) is 72.4 Å². The molecule has 0 aromatic rings. The van der Waals surface area contributed by atoms with E-state index >= 15 is 0 Å². The Bertz CT molecular complexity index is 470. The van der Waals surface area contributed by atoms with Crippen LogP contribution in [0.1, 0.15) is 64.2 Å². The first-order chi connectivity index (χ1) is 11.5. The van der Waals surface area contributed by atoms with Gasteiger partial charge in [-0.15, -0.1) is 0 Å². The molecule has 0 aliphatic heterocycles. The van der Waals surface area contributed by atoms with Crippen LogP contribution in [0.5, 0.6) is 0 Å². The van der Waals surface area contributed by atoms with Gasteiger partial charge in [0.15, 0.2) is 0 Å². The molecule has 0 saturated heterocycles. The van der Waals surface area contributed by atoms with Crippen molar-refractivity contribution in [3.8, 4) is 0 Å². The predicted octanol–water partition coefficient (Wildman–Crippen LogP) is 7.24. The monoisotopic (exact) mass is 308 g/mol. The summed E-state index contributed by atoms with van der Waals surface area (Å²) < 4.78 is 0. The highest BCUT2D eigenvalue weighted by atomic mass is 14.2. The molecule has 0 unspecified atom stereocenters. The zero-order valence-electron chi connectivity index (χ0n) is 14.5. The normalized spacial score (nSPS) is 22.0. The van der Waals surface area contributed by atoms with Gasteiger partial charge in [-0.1, -0.05) is 118 Å². The molecule has 0 heteroatoms. The molecular weight excluding hydrogens is 276 g/mol. The summed E-state index contributed by atoms with van der Waals surface area (Å²) in [7, 11) is 0. The van der Waals surface area contributed by atoms with E-state index in [1.807, 2.05) is 0 Å². The van der Waals surface area contributed by atoms with Crippen molar-refractivity contribution >= 4 is 0 Å². The van der Waals surface area contributed by atoms with Crippen molar-refractivity contribution in [2.24, 2.45) is 5.92 Å². The second-order valence-corrected chi connectivity index (χ2v) is 6.67. The highest BCUT2D eigenvalue weighted by Crippen LogP contribution is 2.28. The quantitative estimate of drug-likeness (QED) is 0.479. The summed E-state index contributed by atoms with van der Waals surface area (Å²) in [5.41, 5.74) is 1.50. The van der Waals surface area contributed by atoms with Crippen molar-refractivity contribution in [2.75, 3.05) is 0 Å². The molecule has 0 aromatic heterocycles. The molecule has 0 radical (unpaired) electrons. The molecule has 23 heavy (non-hydrogen) atoms. The maximum absolute atomic E-state index is 2.32. The molecule has 0 nitrogen and oxygen atoms in total. The highest BCUT2D eigenvalue weighted by Gasteiger charge is 2.12. The Hall–Kier alpha value is -1.56. The first kappa shape index (κ1) is 17.8. The van der Waals surface area contributed by atoms with Crippen molar-refractivity contribution < 1.29 is 0 Å². The number of hydrogen-bond donors (Lipinski definition) is 0. The summed E-state index contributed by atoms with van der Waals surface area (Å²) in [6.07, 6.45) is 37.8. The largest absolute Gasteiger partial charge is 0.0623 e. The van der Waals surface area contributed by atoms with E-state index in [9.17, 15) is 0 Å². The van der Waals surface area contributed by atoms with E-state index in [-0.39, 0.29) is 0 Å². The molecule has 2 aliphatic rings. The second-order valence-electron chi connectivity index (χ2n) is 6.67. The number of allylic oxidation sites excluding steroid dienone is 12. The third-order valence-corrected chi connectivity index (χ3v) is 4.79. The standard InChI is InChI=1S/C23H32/c1-2-6-10-14-18-22(19-15-11-7-3-1)23-20-16-12-8-4-5-9-13-17-21-23/h1-3,6-7,10-11,14-15,18-19,23H,4-5,8-9,12-13,16-17,20-21H2. The molecule has 2 rings (SSSR count). The van der Waals surface area contributed by atoms with Crippen molar-refractivity contribution in [2.45, 2.75) is 64.2 Å². The summed E-state index contributed by atoms with van der Waals surface area (Å²) in [4.78, 5) is 0. The molecule has 0 N–H and O–H groups in total. The van der Waals surface area contributed by atoms with Crippen LogP contribution in [-0.4, -0.2) is 0 Å². The first-order valence-corrected chi connectivity index (χ1v) is 9.52. The average molecular weight is 309 g/mol. The van der Waals surface area contributed by atoms with E-state index in [4.69, 9.17) is 0 Å². The molecule has 1 fully saturated rings. The van der Waals surface area contributed by atoms with E-state index < -0.39 is 0 Å². The van der Waals surface area contributed by atoms with Gasteiger partial charge >= 0.3 is 0 Å². The molecule has 0 amide bonds. The second kappa shape index (κ2) is 11.9. The van der Waals surface area contributed by atoms with E-state index in [2.05, 4.69) is 66.8 Å². The maximum Gasteiger partial charge on any atom is -0.0162 e. The third kappa shape index (κ3) is 8.02. The molecule has 0 aromatic carbocycles. The van der Waals surface area contributed by atoms with E-state index in [1.165, 1.54) is 69.8 Å². The van der Waals surface area contributed by atoms with Gasteiger partial charge < -0.3 is 0 Å². The lowest BCUT2D eigenvalue weighted by Gasteiger charge is -2.18. The van der Waals surface area contributed by atoms with E-state index in [0.29, 0.717) is 0 Å². The summed E-state index contributed by atoms with van der Waals surface area (Å²) in [5, 5.41) is 0. The van der Waals surface area contributed by atoms with Crippen LogP contribution in [-0.2, 0) is 0 Å². The molecule has 0 heterocycles. The van der Waals surface area contributed by atoms with Crippen LogP contribution in [0.4, 0.5) is 0 Å². The van der Waals surface area contributed by atoms with Crippen molar-refractivity contribution in [1.29, 1.82) is 0 Å². The van der Waals surface area contributed by atoms with Crippen LogP contribution < -0.4 is 0 Å². The number of hydrogen-bond acceptors (Lipinski definition) is 0. The van der Waals surface area contributed by atoms with E-state index in [0.717, 1.165) is 5.92 Å². The van der Waals surface area contributed by atoms with Gasteiger partial charge in [-0.2, -0.15) is 0 Å². The lowest BCUT2D eigenvalue weighted by Crippen LogP contribution is -2.03. The zero-order valence-corrected chi connectivity index (χ0v) is 14.5. The molecule has 124 valence electrons. The van der Waals surface area contributed by atoms with Crippen LogP contribution in [0.25, 0.3) is 0 Å². The minimum atomic E-state index is 0.727. The van der Waals surface area contributed by atoms with Crippen LogP contribution >= 0.6 is 0 Å². The minimum Gasteiger partial charge on any atom is -0.0623 e. The lowest BCUT2D eigenvalue weighted by atomic mass is 9.87. The van der Waals surface area contributed by atoms with E-state index in [1.54, 1.807) is 0 Å². The van der Waals surface area contributed by atoms with Gasteiger partial charge in [0.05, 0.1) is 0 Å². The Kier molecular flexibility index (Phi) is 9.23. The fourth-order valence-electron chi connectivity index (χ4n) is 3.43. The topological polar surface area (TPSA) is 0 Å². The fourth-order valence-corrected chi connectivity index (χ4v) is 3.43. The smallest absolute Gasteiger partial charge is 0.0162 e. The fraction of sp³-hybridized carbons (Fsp3) is 0.478. The first-order valence-electron chi connectivity index (χ1n) is 9.52. The molecule has 2 aliphatic carbocycles. The highest BCUT2D eigenvalue weighted by molar-refractivity contribution is 5.31. The lowest BCUT2D eigenvalue weighted by molar-refractivity contribution is 0.474. The molecular formula is C23H32. The third-order valence-electron chi connectivity index (χ3n) is 4.79. The zero-order chi connectivity index (χ0) is 16.0. The summed E-state index contributed by atoms with van der Waals surface area (Å²) in [6.45, 7) is 0. The summed E-state index contributed by atoms with van der Waals surface area (Å²) in [5.74, 6) is 0.727. The van der Waals surface area contributed by atoms with Gasteiger partial charge in [0, 0.05) is 0 Å². The van der Waals surface area contributed by atoms with Crippen molar-refractivity contribution in [3.63, 3.8) is 0 Å². The minimum absolute atomic E-state index is 0.727. The molecule has 0 spiro atoms. The molecule has 0 atom stereocenters. The van der Waals surface area contributed by atoms with Crippen LogP contribution in [0.2, 0.25) is 0 Å². The summed E-state index contributed by atoms with van der Waals surface area (Å²) in [6, 6.07) is 0. The molecule has 1 saturated carbocycles. The predicted molar refractivity (Wildman–Crippen MR) is 103 cm³/mol. The van der Waals surface area contributed by atoms with Crippen LogP contribution in [0.15, 0.2) is 72.4 Å². The van der Waals surface area contributed by atoms with Gasteiger partial charge in [-0.05, 0) is 24.3 Å². The number of rotatable bonds is 1.